The lowest BCUT2D eigenvalue weighted by molar-refractivity contribution is 0.892. The van der Waals surface area contributed by atoms with Gasteiger partial charge in [0, 0.05) is 10.8 Å². The maximum atomic E-state index is 5.10. The molecular formula is C38H33BN4Si. The Hall–Kier alpha value is -4.68. The van der Waals surface area contributed by atoms with Crippen LogP contribution in [0.2, 0.25) is 18.1 Å². The number of hydrogen-bond donors (Lipinski definition) is 0. The van der Waals surface area contributed by atoms with E-state index in [-0.39, 0.29) is 6.71 Å². The lowest BCUT2D eigenvalue weighted by Crippen LogP contribution is -2.61. The van der Waals surface area contributed by atoms with Crippen LogP contribution in [0.4, 0.5) is 0 Å². The minimum atomic E-state index is -1.70. The highest BCUT2D eigenvalue weighted by Crippen LogP contribution is 2.34. The van der Waals surface area contributed by atoms with E-state index < -0.39 is 8.07 Å². The fourth-order valence-electron chi connectivity index (χ4n) is 8.22. The van der Waals surface area contributed by atoms with Crippen LogP contribution in [-0.2, 0) is 0 Å². The molecule has 0 saturated carbocycles. The van der Waals surface area contributed by atoms with Gasteiger partial charge in [0.2, 0.25) is 0 Å². The van der Waals surface area contributed by atoms with E-state index in [0.717, 1.165) is 0 Å². The quantitative estimate of drug-likeness (QED) is 0.208. The second-order valence-corrected chi connectivity index (χ2v) is 17.8. The van der Waals surface area contributed by atoms with Crippen LogP contribution in [0.1, 0.15) is 20.8 Å². The zero-order valence-corrected chi connectivity index (χ0v) is 26.4. The van der Waals surface area contributed by atoms with Crippen molar-refractivity contribution in [2.45, 2.75) is 38.9 Å². The summed E-state index contributed by atoms with van der Waals surface area (Å²) in [5, 5.41) is 14.1. The standard InChI is InChI=1S/C38H33BN4Si/c1-4-44(5-2,6-3)31-21-34-36-35(22-31)43-38-30(24-41-43)18-28(26-15-11-8-12-16-26)20-33(38)39(36)32-19-27(25-13-9-7-10-14-25)17-29-23-40-42(34)37(29)32/h7-24H,4-6H2,1-3H3. The Labute approximate surface area is 259 Å². The average Bonchev–Trinajstić information content (AvgIpc) is 3.72. The predicted molar refractivity (Wildman–Crippen MR) is 188 cm³/mol. The zero-order valence-electron chi connectivity index (χ0n) is 25.4. The van der Waals surface area contributed by atoms with Crippen molar-refractivity contribution in [3.05, 3.63) is 109 Å². The van der Waals surface area contributed by atoms with Gasteiger partial charge in [0.15, 0.2) is 0 Å². The molecule has 0 N–H and O–H groups in total. The molecule has 0 fully saturated rings. The van der Waals surface area contributed by atoms with Crippen LogP contribution in [-0.4, -0.2) is 34.3 Å². The number of rotatable bonds is 6. The van der Waals surface area contributed by atoms with Gasteiger partial charge in [0.1, 0.15) is 0 Å². The summed E-state index contributed by atoms with van der Waals surface area (Å²) in [6.45, 7) is 7.27. The molecule has 2 aliphatic rings. The van der Waals surface area contributed by atoms with Crippen LogP contribution in [0.15, 0.2) is 109 Å². The first-order valence-corrected chi connectivity index (χ1v) is 18.6. The Bertz CT molecular complexity index is 2090. The summed E-state index contributed by atoms with van der Waals surface area (Å²) in [4.78, 5) is 0. The van der Waals surface area contributed by atoms with Crippen molar-refractivity contribution in [2.75, 3.05) is 0 Å². The number of fused-ring (bicyclic) bond motifs is 4. The SMILES string of the molecule is CC[Si](CC)(CC)c1cc2c3c(c1)-n1ncc4cc(-c5ccccc5)cc(c41)B3c1cc(-c3ccccc3)cc3cnn-2c13. The van der Waals surface area contributed by atoms with E-state index in [1.54, 1.807) is 0 Å². The van der Waals surface area contributed by atoms with Gasteiger partial charge in [-0.25, -0.2) is 9.36 Å². The highest BCUT2D eigenvalue weighted by atomic mass is 28.3. The summed E-state index contributed by atoms with van der Waals surface area (Å²) in [7, 11) is -1.70. The predicted octanol–water partition coefficient (Wildman–Crippen LogP) is 6.56. The molecular weight excluding hydrogens is 551 g/mol. The largest absolute Gasteiger partial charge is 0.252 e. The molecule has 0 radical (unpaired) electrons. The molecule has 7 aromatic rings. The Morgan fingerprint density at radius 2 is 1.02 bits per heavy atom. The van der Waals surface area contributed by atoms with Crippen LogP contribution in [0.3, 0.4) is 0 Å². The van der Waals surface area contributed by atoms with Gasteiger partial charge in [-0.2, -0.15) is 10.2 Å². The smallest absolute Gasteiger partial charge is 0.234 e. The normalized spacial score (nSPS) is 13.1. The molecule has 9 rings (SSSR count). The molecule has 6 heteroatoms. The van der Waals surface area contributed by atoms with Crippen LogP contribution in [0, 0.1) is 0 Å². The third kappa shape index (κ3) is 3.40. The average molecular weight is 585 g/mol. The number of benzene rings is 5. The summed E-state index contributed by atoms with van der Waals surface area (Å²) in [6, 6.07) is 39.7. The summed E-state index contributed by atoms with van der Waals surface area (Å²) >= 11 is 0. The minimum absolute atomic E-state index is 0.0840. The second kappa shape index (κ2) is 9.41. The maximum Gasteiger partial charge on any atom is 0.252 e. The molecule has 0 saturated heterocycles. The Kier molecular flexibility index (Phi) is 5.51. The van der Waals surface area contributed by atoms with Crippen molar-refractivity contribution in [3.8, 4) is 33.6 Å². The molecule has 5 aromatic carbocycles. The molecule has 4 heterocycles. The maximum absolute atomic E-state index is 5.10. The molecule has 0 amide bonds. The molecule has 0 spiro atoms. The first-order valence-electron chi connectivity index (χ1n) is 16.0. The van der Waals surface area contributed by atoms with Crippen molar-refractivity contribution in [1.29, 1.82) is 0 Å². The fraction of sp³-hybridized carbons (Fsp3) is 0.158. The Balaban J connectivity index is 1.42. The van der Waals surface area contributed by atoms with Gasteiger partial charge >= 0.3 is 0 Å². The van der Waals surface area contributed by atoms with E-state index in [1.165, 1.54) is 95.1 Å². The third-order valence-corrected chi connectivity index (χ3v) is 16.3. The molecule has 0 aliphatic carbocycles. The molecule has 0 unspecified atom stereocenters. The van der Waals surface area contributed by atoms with Crippen molar-refractivity contribution in [3.63, 3.8) is 0 Å². The van der Waals surface area contributed by atoms with Gasteiger partial charge in [0.05, 0.1) is 42.9 Å². The second-order valence-electron chi connectivity index (χ2n) is 12.6. The van der Waals surface area contributed by atoms with Crippen LogP contribution in [0.5, 0.6) is 0 Å². The first kappa shape index (κ1) is 25.8. The van der Waals surface area contributed by atoms with E-state index in [2.05, 4.69) is 140 Å². The molecule has 0 bridgehead atoms. The van der Waals surface area contributed by atoms with E-state index in [0.29, 0.717) is 0 Å². The summed E-state index contributed by atoms with van der Waals surface area (Å²) in [5.74, 6) is 0. The fourth-order valence-corrected chi connectivity index (χ4v) is 11.8. The van der Waals surface area contributed by atoms with Gasteiger partial charge in [-0.3, -0.25) is 0 Å². The molecule has 4 nitrogen and oxygen atoms in total. The highest BCUT2D eigenvalue weighted by Gasteiger charge is 2.42. The topological polar surface area (TPSA) is 35.6 Å². The van der Waals surface area contributed by atoms with E-state index in [1.807, 2.05) is 0 Å². The van der Waals surface area contributed by atoms with Gasteiger partial charge in [-0.15, -0.1) is 0 Å². The number of aromatic nitrogens is 4. The van der Waals surface area contributed by atoms with E-state index in [4.69, 9.17) is 10.2 Å². The minimum Gasteiger partial charge on any atom is -0.234 e. The summed E-state index contributed by atoms with van der Waals surface area (Å²) in [6.07, 6.45) is 4.14. The third-order valence-electron chi connectivity index (χ3n) is 10.7. The van der Waals surface area contributed by atoms with E-state index >= 15 is 0 Å². The van der Waals surface area contributed by atoms with Crippen LogP contribution < -0.4 is 21.6 Å². The Morgan fingerprint density at radius 1 is 0.568 bits per heavy atom. The summed E-state index contributed by atoms with van der Waals surface area (Å²) in [5.41, 5.74) is 13.8. The number of hydrogen-bond acceptors (Lipinski definition) is 2. The van der Waals surface area contributed by atoms with Gasteiger partial charge in [-0.1, -0.05) is 117 Å². The molecule has 0 atom stereocenters. The van der Waals surface area contributed by atoms with Crippen molar-refractivity contribution >= 4 is 58.2 Å². The first-order chi connectivity index (χ1) is 21.6. The van der Waals surface area contributed by atoms with Crippen LogP contribution in [0.25, 0.3) is 55.4 Å². The Morgan fingerprint density at radius 3 is 1.45 bits per heavy atom. The molecule has 212 valence electrons. The van der Waals surface area contributed by atoms with Gasteiger partial charge < -0.3 is 0 Å². The molecule has 44 heavy (non-hydrogen) atoms. The van der Waals surface area contributed by atoms with Crippen molar-refractivity contribution in [1.82, 2.24) is 19.6 Å². The lowest BCUT2D eigenvalue weighted by atomic mass is 9.34. The molecule has 2 aliphatic heterocycles. The number of nitrogens with zero attached hydrogens (tertiary/aromatic N) is 4. The van der Waals surface area contributed by atoms with E-state index in [9.17, 15) is 0 Å². The monoisotopic (exact) mass is 584 g/mol. The van der Waals surface area contributed by atoms with Crippen molar-refractivity contribution in [2.24, 2.45) is 0 Å². The van der Waals surface area contributed by atoms with Crippen molar-refractivity contribution < 1.29 is 0 Å². The van der Waals surface area contributed by atoms with Gasteiger partial charge in [-0.05, 0) is 62.9 Å². The zero-order chi connectivity index (χ0) is 29.6. The van der Waals surface area contributed by atoms with Crippen LogP contribution >= 0.6 is 0 Å². The lowest BCUT2D eigenvalue weighted by Gasteiger charge is -2.36. The highest BCUT2D eigenvalue weighted by molar-refractivity contribution is 7.00. The van der Waals surface area contributed by atoms with Gasteiger partial charge in [0.25, 0.3) is 6.71 Å². The summed E-state index contributed by atoms with van der Waals surface area (Å²) < 4.78 is 4.48. The molecule has 2 aromatic heterocycles.